The van der Waals surface area contributed by atoms with Gasteiger partial charge in [0.1, 0.15) is 0 Å². The van der Waals surface area contributed by atoms with Crippen LogP contribution in [0, 0.1) is 5.92 Å². The summed E-state index contributed by atoms with van der Waals surface area (Å²) >= 11 is 0. The summed E-state index contributed by atoms with van der Waals surface area (Å²) in [7, 11) is 0. The zero-order chi connectivity index (χ0) is 13.7. The van der Waals surface area contributed by atoms with E-state index in [9.17, 15) is 4.79 Å². The lowest BCUT2D eigenvalue weighted by Gasteiger charge is -2.13. The zero-order valence-electron chi connectivity index (χ0n) is 11.6. The van der Waals surface area contributed by atoms with Crippen molar-refractivity contribution in [1.82, 2.24) is 5.32 Å². The fourth-order valence-electron chi connectivity index (χ4n) is 2.25. The van der Waals surface area contributed by atoms with Gasteiger partial charge in [-0.25, -0.2) is 0 Å². The lowest BCUT2D eigenvalue weighted by molar-refractivity contribution is 0.0946. The molecule has 0 radical (unpaired) electrons. The van der Waals surface area contributed by atoms with E-state index in [1.54, 1.807) is 0 Å². The maximum absolute atomic E-state index is 12.1. The van der Waals surface area contributed by atoms with Crippen LogP contribution in [0.5, 0.6) is 0 Å². The molecule has 2 aromatic carbocycles. The number of fused-ring (bicyclic) bond motifs is 1. The summed E-state index contributed by atoms with van der Waals surface area (Å²) in [4.78, 5) is 12.1. The number of rotatable bonds is 5. The Labute approximate surface area is 114 Å². The fraction of sp³-hybridized carbons (Fsp3) is 0.353. The van der Waals surface area contributed by atoms with E-state index < -0.39 is 0 Å². The Balaban J connectivity index is 2.09. The van der Waals surface area contributed by atoms with Crippen molar-refractivity contribution in [1.29, 1.82) is 0 Å². The molecule has 0 spiro atoms. The highest BCUT2D eigenvalue weighted by atomic mass is 16.1. The summed E-state index contributed by atoms with van der Waals surface area (Å²) in [5, 5.41) is 5.30. The van der Waals surface area contributed by atoms with Crippen LogP contribution in [0.25, 0.3) is 10.8 Å². The molecule has 0 bridgehead atoms. The van der Waals surface area contributed by atoms with Crippen molar-refractivity contribution in [2.75, 3.05) is 6.54 Å². The van der Waals surface area contributed by atoms with Gasteiger partial charge in [0.25, 0.3) is 5.91 Å². The molecule has 0 saturated carbocycles. The van der Waals surface area contributed by atoms with Crippen LogP contribution in [0.15, 0.2) is 42.5 Å². The Kier molecular flexibility index (Phi) is 4.56. The molecule has 0 aliphatic carbocycles. The number of hydrogen-bond acceptors (Lipinski definition) is 1. The minimum Gasteiger partial charge on any atom is -0.352 e. The van der Waals surface area contributed by atoms with Crippen molar-refractivity contribution in [2.45, 2.75) is 26.7 Å². The molecule has 0 aliphatic rings. The minimum atomic E-state index is 0.0256. The number of carbonyl (C=O) groups excluding carboxylic acids is 1. The van der Waals surface area contributed by atoms with E-state index in [4.69, 9.17) is 0 Å². The molecule has 2 nitrogen and oxygen atoms in total. The van der Waals surface area contributed by atoms with Gasteiger partial charge in [-0.05, 0) is 28.8 Å². The smallest absolute Gasteiger partial charge is 0.251 e. The molecule has 0 aromatic heterocycles. The third kappa shape index (κ3) is 3.34. The first-order chi connectivity index (χ1) is 9.24. The summed E-state index contributed by atoms with van der Waals surface area (Å²) in [6.45, 7) is 5.09. The Morgan fingerprint density at radius 1 is 1.05 bits per heavy atom. The molecule has 0 saturated heterocycles. The van der Waals surface area contributed by atoms with E-state index in [-0.39, 0.29) is 5.91 Å². The van der Waals surface area contributed by atoms with Crippen LogP contribution < -0.4 is 5.32 Å². The van der Waals surface area contributed by atoms with Gasteiger partial charge >= 0.3 is 0 Å². The van der Waals surface area contributed by atoms with Crippen LogP contribution in [0.1, 0.15) is 37.0 Å². The third-order valence-electron chi connectivity index (χ3n) is 3.72. The first kappa shape index (κ1) is 13.6. The number of hydrogen-bond donors (Lipinski definition) is 1. The molecule has 1 amide bonds. The Morgan fingerprint density at radius 3 is 2.42 bits per heavy atom. The van der Waals surface area contributed by atoms with Crippen LogP contribution in [-0.4, -0.2) is 12.5 Å². The Hall–Kier alpha value is -1.83. The molecule has 2 heteroatoms. The monoisotopic (exact) mass is 255 g/mol. The highest BCUT2D eigenvalue weighted by Crippen LogP contribution is 2.15. The van der Waals surface area contributed by atoms with Crippen molar-refractivity contribution in [2.24, 2.45) is 5.92 Å². The molecule has 1 N–H and O–H groups in total. The summed E-state index contributed by atoms with van der Waals surface area (Å²) in [5.41, 5.74) is 0.740. The lowest BCUT2D eigenvalue weighted by Crippen LogP contribution is -2.28. The van der Waals surface area contributed by atoms with Crippen LogP contribution in [0.3, 0.4) is 0 Å². The molecule has 0 unspecified atom stereocenters. The molecule has 0 atom stereocenters. The maximum atomic E-state index is 12.1. The highest BCUT2D eigenvalue weighted by Gasteiger charge is 2.09. The average Bonchev–Trinajstić information content (AvgIpc) is 2.47. The van der Waals surface area contributed by atoms with E-state index in [2.05, 4.69) is 25.2 Å². The SMILES string of the molecule is CCC(CC)CNC(=O)c1ccc2ccccc2c1. The molecule has 0 fully saturated rings. The number of benzene rings is 2. The second-order valence-corrected chi connectivity index (χ2v) is 4.95. The zero-order valence-corrected chi connectivity index (χ0v) is 11.6. The van der Waals surface area contributed by atoms with E-state index in [0.29, 0.717) is 5.92 Å². The van der Waals surface area contributed by atoms with Gasteiger partial charge in [-0.3, -0.25) is 4.79 Å². The molecule has 2 aromatic rings. The molecule has 0 heterocycles. The summed E-state index contributed by atoms with van der Waals surface area (Å²) in [5.74, 6) is 0.599. The fourth-order valence-corrected chi connectivity index (χ4v) is 2.25. The molecule has 19 heavy (non-hydrogen) atoms. The van der Waals surface area contributed by atoms with Crippen molar-refractivity contribution in [3.05, 3.63) is 48.0 Å². The first-order valence-corrected chi connectivity index (χ1v) is 7.01. The van der Waals surface area contributed by atoms with Crippen molar-refractivity contribution < 1.29 is 4.79 Å². The topological polar surface area (TPSA) is 29.1 Å². The van der Waals surface area contributed by atoms with Crippen molar-refractivity contribution >= 4 is 16.7 Å². The number of amides is 1. The Bertz CT molecular complexity index is 558. The van der Waals surface area contributed by atoms with Gasteiger partial charge in [0.2, 0.25) is 0 Å². The van der Waals surface area contributed by atoms with Crippen LogP contribution in [0.4, 0.5) is 0 Å². The molecular formula is C17H21NO. The highest BCUT2D eigenvalue weighted by molar-refractivity contribution is 5.98. The van der Waals surface area contributed by atoms with E-state index in [1.165, 1.54) is 5.39 Å². The van der Waals surface area contributed by atoms with Crippen LogP contribution in [-0.2, 0) is 0 Å². The van der Waals surface area contributed by atoms with Gasteiger partial charge in [0.05, 0.1) is 0 Å². The quantitative estimate of drug-likeness (QED) is 0.859. The molecule has 2 rings (SSSR count). The van der Waals surface area contributed by atoms with Crippen molar-refractivity contribution in [3.8, 4) is 0 Å². The average molecular weight is 255 g/mol. The molecular weight excluding hydrogens is 234 g/mol. The van der Waals surface area contributed by atoms with Gasteiger partial charge in [0, 0.05) is 12.1 Å². The predicted octanol–water partition coefficient (Wildman–Crippen LogP) is 4.01. The van der Waals surface area contributed by atoms with Gasteiger partial charge in [0.15, 0.2) is 0 Å². The number of nitrogens with one attached hydrogen (secondary N) is 1. The molecule has 0 aliphatic heterocycles. The standard InChI is InChI=1S/C17H21NO/c1-3-13(4-2)12-18-17(19)16-10-9-14-7-5-6-8-15(14)11-16/h5-11,13H,3-4,12H2,1-2H3,(H,18,19). The van der Waals surface area contributed by atoms with Gasteiger partial charge < -0.3 is 5.32 Å². The second-order valence-electron chi connectivity index (χ2n) is 4.95. The van der Waals surface area contributed by atoms with Crippen LogP contribution in [0.2, 0.25) is 0 Å². The van der Waals surface area contributed by atoms with Gasteiger partial charge in [-0.1, -0.05) is 57.0 Å². The van der Waals surface area contributed by atoms with E-state index in [1.807, 2.05) is 36.4 Å². The van der Waals surface area contributed by atoms with Crippen molar-refractivity contribution in [3.63, 3.8) is 0 Å². The Morgan fingerprint density at radius 2 is 1.74 bits per heavy atom. The van der Waals surface area contributed by atoms with Gasteiger partial charge in [-0.15, -0.1) is 0 Å². The lowest BCUT2D eigenvalue weighted by atomic mass is 10.0. The van der Waals surface area contributed by atoms with Crippen LogP contribution >= 0.6 is 0 Å². The molecule has 100 valence electrons. The summed E-state index contributed by atoms with van der Waals surface area (Å²) in [6.07, 6.45) is 2.21. The number of carbonyl (C=O) groups is 1. The predicted molar refractivity (Wildman–Crippen MR) is 80.4 cm³/mol. The normalized spacial score (nSPS) is 10.9. The summed E-state index contributed by atoms with van der Waals surface area (Å²) in [6, 6.07) is 13.9. The second kappa shape index (κ2) is 6.37. The van der Waals surface area contributed by atoms with E-state index >= 15 is 0 Å². The first-order valence-electron chi connectivity index (χ1n) is 7.01. The summed E-state index contributed by atoms with van der Waals surface area (Å²) < 4.78 is 0. The van der Waals surface area contributed by atoms with Gasteiger partial charge in [-0.2, -0.15) is 0 Å². The third-order valence-corrected chi connectivity index (χ3v) is 3.72. The maximum Gasteiger partial charge on any atom is 0.251 e. The largest absolute Gasteiger partial charge is 0.352 e. The van der Waals surface area contributed by atoms with E-state index in [0.717, 1.165) is 30.3 Å². The minimum absolute atomic E-state index is 0.0256.